The van der Waals surface area contributed by atoms with Crippen molar-refractivity contribution in [2.75, 3.05) is 12.3 Å². The van der Waals surface area contributed by atoms with Crippen molar-refractivity contribution in [3.8, 4) is 0 Å². The molecule has 0 aromatic rings. The lowest BCUT2D eigenvalue weighted by atomic mass is 10.0. The first-order chi connectivity index (χ1) is 7.20. The number of rotatable bonds is 7. The van der Waals surface area contributed by atoms with Gasteiger partial charge in [0.05, 0.1) is 5.75 Å². The van der Waals surface area contributed by atoms with E-state index in [1.165, 1.54) is 0 Å². The van der Waals surface area contributed by atoms with Gasteiger partial charge in [-0.25, -0.2) is 13.1 Å². The normalized spacial score (nSPS) is 15.1. The topological polar surface area (TPSA) is 72.2 Å². The molecule has 0 aromatic carbocycles. The Morgan fingerprint density at radius 3 is 2.25 bits per heavy atom. The predicted molar refractivity (Wildman–Crippen MR) is 68.7 cm³/mol. The van der Waals surface area contributed by atoms with Crippen LogP contribution in [0.5, 0.6) is 0 Å². The number of hydrogen-bond donors (Lipinski definition) is 2. The van der Waals surface area contributed by atoms with Crippen molar-refractivity contribution in [2.24, 2.45) is 11.1 Å². The minimum absolute atomic E-state index is 0.118. The number of nitrogens with one attached hydrogen (secondary N) is 1. The largest absolute Gasteiger partial charge is 0.329 e. The van der Waals surface area contributed by atoms with Gasteiger partial charge in [-0.05, 0) is 11.8 Å². The van der Waals surface area contributed by atoms with E-state index in [-0.39, 0.29) is 17.2 Å². The molecule has 3 N–H and O–H groups in total. The smallest absolute Gasteiger partial charge is 0.212 e. The SMILES string of the molecule is CCCCC(CN)NS(=O)(=O)CC(C)(C)C. The highest BCUT2D eigenvalue weighted by Gasteiger charge is 2.23. The van der Waals surface area contributed by atoms with E-state index in [2.05, 4.69) is 11.6 Å². The van der Waals surface area contributed by atoms with Crippen molar-refractivity contribution < 1.29 is 8.42 Å². The Kier molecular flexibility index (Phi) is 6.51. The molecule has 0 spiro atoms. The highest BCUT2D eigenvalue weighted by molar-refractivity contribution is 7.89. The van der Waals surface area contributed by atoms with E-state index in [4.69, 9.17) is 5.73 Å². The second kappa shape index (κ2) is 6.57. The third-order valence-electron chi connectivity index (χ3n) is 2.16. The summed E-state index contributed by atoms with van der Waals surface area (Å²) in [5.41, 5.74) is 5.33. The first-order valence-corrected chi connectivity index (χ1v) is 7.55. The first-order valence-electron chi connectivity index (χ1n) is 5.90. The van der Waals surface area contributed by atoms with Gasteiger partial charge in [-0.2, -0.15) is 0 Å². The Hall–Kier alpha value is -0.130. The van der Waals surface area contributed by atoms with Crippen molar-refractivity contribution in [3.63, 3.8) is 0 Å². The summed E-state index contributed by atoms with van der Waals surface area (Å²) in [5.74, 6) is 0.141. The van der Waals surface area contributed by atoms with Crippen LogP contribution in [0, 0.1) is 5.41 Å². The van der Waals surface area contributed by atoms with Gasteiger partial charge in [0.2, 0.25) is 10.0 Å². The molecule has 0 amide bonds. The van der Waals surface area contributed by atoms with Gasteiger partial charge in [-0.3, -0.25) is 0 Å². The molecule has 0 aliphatic carbocycles. The summed E-state index contributed by atoms with van der Waals surface area (Å²) in [6.45, 7) is 8.18. The molecule has 0 aliphatic heterocycles. The Morgan fingerprint density at radius 1 is 1.31 bits per heavy atom. The van der Waals surface area contributed by atoms with Crippen LogP contribution in [-0.4, -0.2) is 26.8 Å². The number of nitrogens with two attached hydrogens (primary N) is 1. The van der Waals surface area contributed by atoms with Gasteiger partial charge in [0, 0.05) is 12.6 Å². The van der Waals surface area contributed by atoms with Crippen molar-refractivity contribution in [1.82, 2.24) is 4.72 Å². The monoisotopic (exact) mass is 250 g/mol. The van der Waals surface area contributed by atoms with Crippen LogP contribution in [0.1, 0.15) is 47.0 Å². The van der Waals surface area contributed by atoms with Gasteiger partial charge in [0.25, 0.3) is 0 Å². The molecule has 98 valence electrons. The number of unbranched alkanes of at least 4 members (excludes halogenated alkanes) is 1. The van der Waals surface area contributed by atoms with Gasteiger partial charge in [-0.1, -0.05) is 40.5 Å². The van der Waals surface area contributed by atoms with Gasteiger partial charge < -0.3 is 5.73 Å². The van der Waals surface area contributed by atoms with Crippen molar-refractivity contribution >= 4 is 10.0 Å². The van der Waals surface area contributed by atoms with Crippen LogP contribution < -0.4 is 10.5 Å². The molecule has 0 heterocycles. The molecule has 0 radical (unpaired) electrons. The van der Waals surface area contributed by atoms with Crippen LogP contribution in [-0.2, 0) is 10.0 Å². The summed E-state index contributed by atoms with van der Waals surface area (Å²) in [5, 5.41) is 0. The molecule has 0 aromatic heterocycles. The standard InChI is InChI=1S/C11H26N2O2S/c1-5-6-7-10(8-12)13-16(14,15)9-11(2,3)4/h10,13H,5-9,12H2,1-4H3. The zero-order chi connectivity index (χ0) is 12.8. The molecule has 1 atom stereocenters. The van der Waals surface area contributed by atoms with E-state index in [1.807, 2.05) is 20.8 Å². The van der Waals surface area contributed by atoms with E-state index >= 15 is 0 Å². The third kappa shape index (κ3) is 8.07. The molecule has 4 nitrogen and oxygen atoms in total. The van der Waals surface area contributed by atoms with Gasteiger partial charge in [0.15, 0.2) is 0 Å². The maximum Gasteiger partial charge on any atom is 0.212 e. The zero-order valence-corrected chi connectivity index (χ0v) is 11.7. The molecule has 1 unspecified atom stereocenters. The number of hydrogen-bond acceptors (Lipinski definition) is 3. The Morgan fingerprint density at radius 2 is 1.88 bits per heavy atom. The summed E-state index contributed by atoms with van der Waals surface area (Å²) in [4.78, 5) is 0. The average Bonchev–Trinajstić information content (AvgIpc) is 2.07. The van der Waals surface area contributed by atoms with Crippen LogP contribution in [0.3, 0.4) is 0 Å². The highest BCUT2D eigenvalue weighted by atomic mass is 32.2. The van der Waals surface area contributed by atoms with Crippen LogP contribution in [0.25, 0.3) is 0 Å². The molecule has 0 bridgehead atoms. The molecular weight excluding hydrogens is 224 g/mol. The maximum absolute atomic E-state index is 11.8. The molecule has 0 saturated carbocycles. The molecule has 16 heavy (non-hydrogen) atoms. The van der Waals surface area contributed by atoms with Gasteiger partial charge in [0.1, 0.15) is 0 Å². The molecular formula is C11H26N2O2S. The molecule has 0 saturated heterocycles. The second-order valence-electron chi connectivity index (χ2n) is 5.51. The van der Waals surface area contributed by atoms with Gasteiger partial charge >= 0.3 is 0 Å². The predicted octanol–water partition coefficient (Wildman–Crippen LogP) is 1.47. The molecule has 0 rings (SSSR count). The van der Waals surface area contributed by atoms with Crippen LogP contribution in [0.2, 0.25) is 0 Å². The molecule has 0 aliphatic rings. The summed E-state index contributed by atoms with van der Waals surface area (Å²) in [6, 6.07) is -0.118. The minimum atomic E-state index is -3.21. The lowest BCUT2D eigenvalue weighted by Gasteiger charge is -2.22. The fourth-order valence-corrected chi connectivity index (χ4v) is 3.49. The fourth-order valence-electron chi connectivity index (χ4n) is 1.54. The van der Waals surface area contributed by atoms with Crippen LogP contribution in [0.4, 0.5) is 0 Å². The van der Waals surface area contributed by atoms with Crippen LogP contribution in [0.15, 0.2) is 0 Å². The van der Waals surface area contributed by atoms with Crippen molar-refractivity contribution in [3.05, 3.63) is 0 Å². The quantitative estimate of drug-likeness (QED) is 0.718. The summed E-state index contributed by atoms with van der Waals surface area (Å²) in [6.07, 6.45) is 2.87. The Balaban J connectivity index is 4.32. The Bertz CT molecular complexity index is 281. The first kappa shape index (κ1) is 15.9. The van der Waals surface area contributed by atoms with E-state index in [0.29, 0.717) is 6.54 Å². The van der Waals surface area contributed by atoms with Crippen molar-refractivity contribution in [2.45, 2.75) is 53.0 Å². The van der Waals surface area contributed by atoms with E-state index in [1.54, 1.807) is 0 Å². The van der Waals surface area contributed by atoms with E-state index < -0.39 is 10.0 Å². The summed E-state index contributed by atoms with van der Waals surface area (Å²) in [7, 11) is -3.21. The Labute approximate surface area is 100 Å². The second-order valence-corrected chi connectivity index (χ2v) is 7.27. The van der Waals surface area contributed by atoms with Crippen molar-refractivity contribution in [1.29, 1.82) is 0 Å². The van der Waals surface area contributed by atoms with Gasteiger partial charge in [-0.15, -0.1) is 0 Å². The van der Waals surface area contributed by atoms with Crippen LogP contribution >= 0.6 is 0 Å². The lowest BCUT2D eigenvalue weighted by Crippen LogP contribution is -2.43. The minimum Gasteiger partial charge on any atom is -0.329 e. The number of sulfonamides is 1. The van der Waals surface area contributed by atoms with E-state index in [0.717, 1.165) is 19.3 Å². The average molecular weight is 250 g/mol. The lowest BCUT2D eigenvalue weighted by molar-refractivity contribution is 0.449. The molecule has 5 heteroatoms. The fraction of sp³-hybridized carbons (Fsp3) is 1.00. The highest BCUT2D eigenvalue weighted by Crippen LogP contribution is 2.15. The summed E-state index contributed by atoms with van der Waals surface area (Å²) >= 11 is 0. The van der Waals surface area contributed by atoms with E-state index in [9.17, 15) is 8.42 Å². The zero-order valence-electron chi connectivity index (χ0n) is 10.9. The maximum atomic E-state index is 11.8. The summed E-state index contributed by atoms with van der Waals surface area (Å²) < 4.78 is 26.3. The molecule has 0 fully saturated rings. The third-order valence-corrected chi connectivity index (χ3v) is 4.10.